The summed E-state index contributed by atoms with van der Waals surface area (Å²) in [5, 5.41) is 6.70. The summed E-state index contributed by atoms with van der Waals surface area (Å²) in [5.74, 6) is 0. The topological polar surface area (TPSA) is 58.1 Å². The molecule has 4 heteroatoms. The molecule has 0 saturated heterocycles. The lowest BCUT2D eigenvalue weighted by molar-refractivity contribution is 0.559. The van der Waals surface area contributed by atoms with Gasteiger partial charge < -0.3 is 0 Å². The molecular formula is C7H9N3O. The largest absolute Gasteiger partial charge is 0.283 e. The van der Waals surface area contributed by atoms with E-state index in [1.807, 2.05) is 13.0 Å². The van der Waals surface area contributed by atoms with E-state index < -0.39 is 0 Å². The summed E-state index contributed by atoms with van der Waals surface area (Å²) in [5.41, 5.74) is 1.73. The number of aromatic nitrogens is 2. The van der Waals surface area contributed by atoms with Crippen LogP contribution < -0.4 is 0 Å². The normalized spacial score (nSPS) is 12.2. The van der Waals surface area contributed by atoms with Gasteiger partial charge in [0.1, 0.15) is 6.04 Å². The maximum absolute atomic E-state index is 9.87. The smallest absolute Gasteiger partial charge is 0.235 e. The van der Waals surface area contributed by atoms with E-state index in [2.05, 4.69) is 15.2 Å². The van der Waals surface area contributed by atoms with Gasteiger partial charge in [0.25, 0.3) is 0 Å². The van der Waals surface area contributed by atoms with E-state index in [0.717, 1.165) is 11.4 Å². The molecule has 11 heavy (non-hydrogen) atoms. The number of H-pyrrole nitrogens is 1. The molecule has 58 valence electrons. The van der Waals surface area contributed by atoms with Crippen molar-refractivity contribution >= 4 is 6.08 Å². The van der Waals surface area contributed by atoms with Crippen LogP contribution in [0, 0.1) is 6.92 Å². The Bertz CT molecular complexity index is 286. The summed E-state index contributed by atoms with van der Waals surface area (Å²) in [7, 11) is 0. The van der Waals surface area contributed by atoms with Gasteiger partial charge in [0, 0.05) is 5.69 Å². The maximum Gasteiger partial charge on any atom is 0.235 e. The molecule has 0 aliphatic rings. The van der Waals surface area contributed by atoms with Crippen LogP contribution in [0.15, 0.2) is 11.1 Å². The first-order chi connectivity index (χ1) is 5.24. The summed E-state index contributed by atoms with van der Waals surface area (Å²) >= 11 is 0. The van der Waals surface area contributed by atoms with Crippen LogP contribution in [0.5, 0.6) is 0 Å². The third kappa shape index (κ3) is 1.75. The molecule has 1 unspecified atom stereocenters. The molecule has 4 nitrogen and oxygen atoms in total. The molecule has 0 radical (unpaired) electrons. The lowest BCUT2D eigenvalue weighted by atomic mass is 10.2. The van der Waals surface area contributed by atoms with E-state index in [0.29, 0.717) is 0 Å². The molecule has 0 aromatic carbocycles. The Labute approximate surface area is 64.3 Å². The van der Waals surface area contributed by atoms with Gasteiger partial charge in [-0.25, -0.2) is 4.79 Å². The molecule has 1 N–H and O–H groups in total. The molecular weight excluding hydrogens is 142 g/mol. The number of aromatic amines is 1. The number of aliphatic imine (C=N–C) groups is 1. The lowest BCUT2D eigenvalue weighted by Gasteiger charge is -1.94. The molecule has 0 amide bonds. The third-order valence-corrected chi connectivity index (χ3v) is 1.40. The van der Waals surface area contributed by atoms with Crippen molar-refractivity contribution in [2.45, 2.75) is 19.9 Å². The Morgan fingerprint density at radius 1 is 1.82 bits per heavy atom. The number of rotatable bonds is 2. The van der Waals surface area contributed by atoms with Crippen molar-refractivity contribution in [3.05, 3.63) is 17.5 Å². The van der Waals surface area contributed by atoms with E-state index in [-0.39, 0.29) is 6.04 Å². The summed E-state index contributed by atoms with van der Waals surface area (Å²) in [6, 6.07) is 1.66. The third-order valence-electron chi connectivity index (χ3n) is 1.40. The zero-order valence-electron chi connectivity index (χ0n) is 6.46. The number of aryl methyl sites for hydroxylation is 1. The molecule has 0 aliphatic carbocycles. The zero-order chi connectivity index (χ0) is 8.27. The number of nitrogens with one attached hydrogen (secondary N) is 1. The number of nitrogens with zero attached hydrogens (tertiary/aromatic N) is 2. The van der Waals surface area contributed by atoms with Crippen LogP contribution in [-0.4, -0.2) is 16.3 Å². The number of isocyanates is 1. The highest BCUT2D eigenvalue weighted by Crippen LogP contribution is 2.12. The second-order valence-electron chi connectivity index (χ2n) is 2.37. The van der Waals surface area contributed by atoms with Gasteiger partial charge in [-0.1, -0.05) is 0 Å². The Morgan fingerprint density at radius 2 is 2.55 bits per heavy atom. The van der Waals surface area contributed by atoms with Crippen molar-refractivity contribution in [2.75, 3.05) is 0 Å². The van der Waals surface area contributed by atoms with Crippen LogP contribution in [0.3, 0.4) is 0 Å². The molecule has 0 fully saturated rings. The first-order valence-electron chi connectivity index (χ1n) is 3.33. The van der Waals surface area contributed by atoms with Crippen LogP contribution in [0.25, 0.3) is 0 Å². The van der Waals surface area contributed by atoms with Gasteiger partial charge in [-0.2, -0.15) is 10.1 Å². The Morgan fingerprint density at radius 3 is 3.00 bits per heavy atom. The van der Waals surface area contributed by atoms with Gasteiger partial charge in [0.2, 0.25) is 6.08 Å². The van der Waals surface area contributed by atoms with Gasteiger partial charge in [0.05, 0.1) is 5.69 Å². The van der Waals surface area contributed by atoms with Crippen LogP contribution in [0.2, 0.25) is 0 Å². The highest BCUT2D eigenvalue weighted by molar-refractivity contribution is 5.34. The van der Waals surface area contributed by atoms with Gasteiger partial charge in [-0.15, -0.1) is 0 Å². The van der Waals surface area contributed by atoms with Crippen molar-refractivity contribution in [1.82, 2.24) is 10.2 Å². The molecule has 0 bridgehead atoms. The fourth-order valence-corrected chi connectivity index (χ4v) is 0.798. The molecule has 1 rings (SSSR count). The quantitative estimate of drug-likeness (QED) is 0.508. The van der Waals surface area contributed by atoms with Gasteiger partial charge >= 0.3 is 0 Å². The summed E-state index contributed by atoms with van der Waals surface area (Å²) in [6.07, 6.45) is 1.50. The SMILES string of the molecule is Cc1cc(C(C)N=C=O)n[nH]1. The summed E-state index contributed by atoms with van der Waals surface area (Å²) in [4.78, 5) is 13.4. The Hall–Kier alpha value is -1.41. The minimum absolute atomic E-state index is 0.197. The maximum atomic E-state index is 9.87. The van der Waals surface area contributed by atoms with Gasteiger partial charge in [0.15, 0.2) is 0 Å². The molecule has 1 heterocycles. The van der Waals surface area contributed by atoms with Gasteiger partial charge in [-0.3, -0.25) is 5.10 Å². The van der Waals surface area contributed by atoms with Crippen LogP contribution >= 0.6 is 0 Å². The fourth-order valence-electron chi connectivity index (χ4n) is 0.798. The minimum Gasteiger partial charge on any atom is -0.283 e. The monoisotopic (exact) mass is 151 g/mol. The lowest BCUT2D eigenvalue weighted by Crippen LogP contribution is -1.88. The highest BCUT2D eigenvalue weighted by atomic mass is 16.1. The zero-order valence-corrected chi connectivity index (χ0v) is 6.46. The fraction of sp³-hybridized carbons (Fsp3) is 0.429. The van der Waals surface area contributed by atoms with E-state index in [9.17, 15) is 4.79 Å². The second-order valence-corrected chi connectivity index (χ2v) is 2.37. The van der Waals surface area contributed by atoms with Crippen LogP contribution in [-0.2, 0) is 4.79 Å². The second kappa shape index (κ2) is 3.12. The first kappa shape index (κ1) is 7.69. The molecule has 0 saturated carbocycles. The van der Waals surface area contributed by atoms with E-state index >= 15 is 0 Å². The number of hydrogen-bond acceptors (Lipinski definition) is 3. The summed E-state index contributed by atoms with van der Waals surface area (Å²) < 4.78 is 0. The predicted octanol–water partition coefficient (Wildman–Crippen LogP) is 1.11. The molecule has 1 atom stereocenters. The molecule has 0 aliphatic heterocycles. The molecule has 1 aromatic heterocycles. The van der Waals surface area contributed by atoms with Crippen molar-refractivity contribution < 1.29 is 4.79 Å². The average molecular weight is 151 g/mol. The number of carbonyl (C=O) groups excluding carboxylic acids is 1. The molecule has 1 aromatic rings. The summed E-state index contributed by atoms with van der Waals surface area (Å²) in [6.45, 7) is 3.69. The Kier molecular flexibility index (Phi) is 2.18. The van der Waals surface area contributed by atoms with Crippen molar-refractivity contribution in [2.24, 2.45) is 4.99 Å². The predicted molar refractivity (Wildman–Crippen MR) is 39.9 cm³/mol. The van der Waals surface area contributed by atoms with E-state index in [4.69, 9.17) is 0 Å². The average Bonchev–Trinajstić information content (AvgIpc) is 2.36. The van der Waals surface area contributed by atoms with E-state index in [1.54, 1.807) is 6.92 Å². The minimum atomic E-state index is -0.197. The van der Waals surface area contributed by atoms with Crippen molar-refractivity contribution in [3.63, 3.8) is 0 Å². The number of hydrogen-bond donors (Lipinski definition) is 1. The molecule has 0 spiro atoms. The van der Waals surface area contributed by atoms with Crippen molar-refractivity contribution in [3.8, 4) is 0 Å². The van der Waals surface area contributed by atoms with E-state index in [1.165, 1.54) is 6.08 Å². The Balaban J connectivity index is 2.84. The highest BCUT2D eigenvalue weighted by Gasteiger charge is 2.05. The van der Waals surface area contributed by atoms with Crippen LogP contribution in [0.4, 0.5) is 0 Å². The van der Waals surface area contributed by atoms with Crippen LogP contribution in [0.1, 0.15) is 24.4 Å². The standard InChI is InChI=1S/C7H9N3O/c1-5-3-7(10-9-5)6(2)8-4-11/h3,6H,1-2H3,(H,9,10). The van der Waals surface area contributed by atoms with Crippen molar-refractivity contribution in [1.29, 1.82) is 0 Å². The first-order valence-corrected chi connectivity index (χ1v) is 3.33. The van der Waals surface area contributed by atoms with Gasteiger partial charge in [-0.05, 0) is 19.9 Å².